The Hall–Kier alpha value is -6.44. The first-order chi connectivity index (χ1) is 25.9. The van der Waals surface area contributed by atoms with Gasteiger partial charge in [0.25, 0.3) is 0 Å². The van der Waals surface area contributed by atoms with Gasteiger partial charge in [0.1, 0.15) is 0 Å². The van der Waals surface area contributed by atoms with Crippen LogP contribution in [0.25, 0.3) is 55.6 Å². The van der Waals surface area contributed by atoms with E-state index >= 15 is 0 Å². The summed E-state index contributed by atoms with van der Waals surface area (Å²) in [6, 6.07) is 74.8. The van der Waals surface area contributed by atoms with Gasteiger partial charge in [-0.25, -0.2) is 0 Å². The van der Waals surface area contributed by atoms with Crippen LogP contribution in [0.3, 0.4) is 0 Å². The van der Waals surface area contributed by atoms with Crippen molar-refractivity contribution in [3.05, 3.63) is 212 Å². The van der Waals surface area contributed by atoms with Gasteiger partial charge in [0.2, 0.25) is 0 Å². The average molecular weight is 682 g/mol. The second kappa shape index (κ2) is 14.7. The molecule has 0 saturated heterocycles. The Morgan fingerprint density at radius 3 is 0.887 bits per heavy atom. The van der Waals surface area contributed by atoms with Gasteiger partial charge >= 0.3 is 0 Å². The van der Waals surface area contributed by atoms with E-state index in [9.17, 15) is 0 Å². The van der Waals surface area contributed by atoms with E-state index in [1.165, 1.54) is 61.2 Å². The fraction of sp³-hybridized carbons (Fsp3) is 0.0769. The predicted molar refractivity (Wildman–Crippen MR) is 227 cm³/mol. The maximum atomic E-state index is 2.42. The van der Waals surface area contributed by atoms with E-state index in [-0.39, 0.29) is 5.41 Å². The van der Waals surface area contributed by atoms with Gasteiger partial charge in [0.05, 0.1) is 0 Å². The normalized spacial score (nSPS) is 11.3. The summed E-state index contributed by atoms with van der Waals surface area (Å²) in [5.74, 6) is 0. The monoisotopic (exact) mass is 681 g/mol. The summed E-state index contributed by atoms with van der Waals surface area (Å²) in [6.45, 7) is 6.80. The summed E-state index contributed by atoms with van der Waals surface area (Å²) in [6.07, 6.45) is 0. The van der Waals surface area contributed by atoms with E-state index in [2.05, 4.69) is 232 Å². The number of hydrogen-bond donors (Lipinski definition) is 0. The lowest BCUT2D eigenvalue weighted by atomic mass is 9.86. The molecule has 256 valence electrons. The summed E-state index contributed by atoms with van der Waals surface area (Å²) < 4.78 is 0. The molecule has 1 heteroatoms. The molecule has 53 heavy (non-hydrogen) atoms. The fourth-order valence-electron chi connectivity index (χ4n) is 7.08. The topological polar surface area (TPSA) is 3.24 Å². The third-order valence-corrected chi connectivity index (χ3v) is 9.99. The molecule has 0 aliphatic carbocycles. The number of anilines is 3. The first-order valence-corrected chi connectivity index (χ1v) is 18.4. The SMILES string of the molecule is CC(C)(C)c1ccc(-c2cc(-c3ccccc3)cc(N(c3ccc(-c4ccccc4)cc3)c3cc(-c4ccccc4)cc(-c4ccccc4)c3)c2)cc1. The summed E-state index contributed by atoms with van der Waals surface area (Å²) >= 11 is 0. The fourth-order valence-corrected chi connectivity index (χ4v) is 7.08. The second-order valence-electron chi connectivity index (χ2n) is 14.7. The third-order valence-electron chi connectivity index (χ3n) is 9.99. The van der Waals surface area contributed by atoms with Crippen molar-refractivity contribution in [3.63, 3.8) is 0 Å². The smallest absolute Gasteiger partial charge is 0.0473 e. The van der Waals surface area contributed by atoms with E-state index in [1.807, 2.05) is 0 Å². The zero-order valence-corrected chi connectivity index (χ0v) is 30.6. The number of nitrogens with zero attached hydrogens (tertiary/aromatic N) is 1. The van der Waals surface area contributed by atoms with Crippen LogP contribution in [0.4, 0.5) is 17.1 Å². The van der Waals surface area contributed by atoms with Gasteiger partial charge in [-0.3, -0.25) is 0 Å². The Morgan fingerprint density at radius 2 is 0.547 bits per heavy atom. The van der Waals surface area contributed by atoms with Crippen LogP contribution in [0.1, 0.15) is 26.3 Å². The van der Waals surface area contributed by atoms with Crippen LogP contribution in [0, 0.1) is 0 Å². The van der Waals surface area contributed by atoms with Gasteiger partial charge < -0.3 is 4.90 Å². The molecule has 0 heterocycles. The molecule has 0 spiro atoms. The van der Waals surface area contributed by atoms with Crippen molar-refractivity contribution in [2.45, 2.75) is 26.2 Å². The van der Waals surface area contributed by atoms with Gasteiger partial charge in [-0.05, 0) is 115 Å². The molecule has 0 amide bonds. The Kier molecular flexibility index (Phi) is 9.32. The number of hydrogen-bond acceptors (Lipinski definition) is 1. The highest BCUT2D eigenvalue weighted by molar-refractivity contribution is 5.89. The molecule has 0 aliphatic rings. The Bertz CT molecular complexity index is 2370. The van der Waals surface area contributed by atoms with Gasteiger partial charge in [-0.15, -0.1) is 0 Å². The van der Waals surface area contributed by atoms with Crippen LogP contribution in [-0.2, 0) is 5.41 Å². The van der Waals surface area contributed by atoms with Crippen molar-refractivity contribution >= 4 is 17.1 Å². The largest absolute Gasteiger partial charge is 0.310 e. The highest BCUT2D eigenvalue weighted by Crippen LogP contribution is 2.43. The first kappa shape index (κ1) is 33.7. The van der Waals surface area contributed by atoms with Crippen molar-refractivity contribution in [1.29, 1.82) is 0 Å². The van der Waals surface area contributed by atoms with Crippen LogP contribution in [0.15, 0.2) is 206 Å². The number of benzene rings is 8. The molecule has 0 bridgehead atoms. The summed E-state index contributed by atoms with van der Waals surface area (Å²) in [5, 5.41) is 0. The van der Waals surface area contributed by atoms with Crippen molar-refractivity contribution in [1.82, 2.24) is 0 Å². The number of rotatable bonds is 8. The third kappa shape index (κ3) is 7.47. The van der Waals surface area contributed by atoms with Crippen LogP contribution in [-0.4, -0.2) is 0 Å². The van der Waals surface area contributed by atoms with Gasteiger partial charge in [-0.1, -0.05) is 178 Å². The lowest BCUT2D eigenvalue weighted by Gasteiger charge is -2.28. The highest BCUT2D eigenvalue weighted by atomic mass is 15.1. The summed E-state index contributed by atoms with van der Waals surface area (Å²) in [5.41, 5.74) is 16.5. The van der Waals surface area contributed by atoms with E-state index in [4.69, 9.17) is 0 Å². The van der Waals surface area contributed by atoms with E-state index in [1.54, 1.807) is 0 Å². The standard InChI is InChI=1S/C52H43N/c1-52(2,3)48-28-24-43(25-29-48)47-33-46(41-22-14-7-15-23-41)36-51(37-47)53(49-30-26-42(27-31-49)38-16-8-4-9-17-38)50-34-44(39-18-10-5-11-19-39)32-45(35-50)40-20-12-6-13-21-40/h4-37H,1-3H3. The lowest BCUT2D eigenvalue weighted by molar-refractivity contribution is 0.590. The Labute approximate surface area is 314 Å². The molecular formula is C52H43N. The molecule has 0 fully saturated rings. The van der Waals surface area contributed by atoms with Crippen molar-refractivity contribution < 1.29 is 0 Å². The van der Waals surface area contributed by atoms with E-state index in [0.29, 0.717) is 0 Å². The average Bonchev–Trinajstić information content (AvgIpc) is 3.22. The summed E-state index contributed by atoms with van der Waals surface area (Å²) in [4.78, 5) is 2.42. The minimum atomic E-state index is 0.0819. The Balaban J connectivity index is 1.37. The van der Waals surface area contributed by atoms with Crippen molar-refractivity contribution in [2.24, 2.45) is 0 Å². The van der Waals surface area contributed by atoms with Crippen LogP contribution >= 0.6 is 0 Å². The zero-order valence-electron chi connectivity index (χ0n) is 30.6. The molecule has 8 rings (SSSR count). The molecular weight excluding hydrogens is 639 g/mol. The minimum absolute atomic E-state index is 0.0819. The minimum Gasteiger partial charge on any atom is -0.310 e. The predicted octanol–water partition coefficient (Wildman–Crippen LogP) is 14.8. The summed E-state index contributed by atoms with van der Waals surface area (Å²) in [7, 11) is 0. The molecule has 8 aromatic rings. The van der Waals surface area contributed by atoms with E-state index in [0.717, 1.165) is 17.1 Å². The van der Waals surface area contributed by atoms with Crippen LogP contribution in [0.5, 0.6) is 0 Å². The molecule has 1 nitrogen and oxygen atoms in total. The molecule has 0 unspecified atom stereocenters. The maximum absolute atomic E-state index is 2.42. The molecule has 0 radical (unpaired) electrons. The van der Waals surface area contributed by atoms with Crippen molar-refractivity contribution in [3.8, 4) is 55.6 Å². The van der Waals surface area contributed by atoms with E-state index < -0.39 is 0 Å². The highest BCUT2D eigenvalue weighted by Gasteiger charge is 2.19. The molecule has 8 aromatic carbocycles. The molecule has 0 atom stereocenters. The first-order valence-electron chi connectivity index (χ1n) is 18.4. The maximum Gasteiger partial charge on any atom is 0.0473 e. The van der Waals surface area contributed by atoms with Crippen LogP contribution in [0.2, 0.25) is 0 Å². The Morgan fingerprint density at radius 1 is 0.264 bits per heavy atom. The van der Waals surface area contributed by atoms with Crippen LogP contribution < -0.4 is 4.90 Å². The zero-order chi connectivity index (χ0) is 36.2. The second-order valence-corrected chi connectivity index (χ2v) is 14.7. The molecule has 0 saturated carbocycles. The molecule has 0 N–H and O–H groups in total. The van der Waals surface area contributed by atoms with Crippen molar-refractivity contribution in [2.75, 3.05) is 4.90 Å². The molecule has 0 aliphatic heterocycles. The van der Waals surface area contributed by atoms with Gasteiger partial charge in [0.15, 0.2) is 0 Å². The lowest BCUT2D eigenvalue weighted by Crippen LogP contribution is -2.11. The van der Waals surface area contributed by atoms with Gasteiger partial charge in [0, 0.05) is 17.1 Å². The quantitative estimate of drug-likeness (QED) is 0.154. The molecule has 0 aromatic heterocycles. The van der Waals surface area contributed by atoms with Gasteiger partial charge in [-0.2, -0.15) is 0 Å².